The number of anilines is 1. The molecule has 0 saturated heterocycles. The fraction of sp³-hybridized carbons (Fsp3) is 0.263. The van der Waals surface area contributed by atoms with Gasteiger partial charge in [-0.25, -0.2) is 9.18 Å². The van der Waals surface area contributed by atoms with Crippen LogP contribution in [-0.4, -0.2) is 18.0 Å². The lowest BCUT2D eigenvalue weighted by Crippen LogP contribution is -2.34. The summed E-state index contributed by atoms with van der Waals surface area (Å²) >= 11 is 0. The molecule has 0 fully saturated rings. The van der Waals surface area contributed by atoms with Gasteiger partial charge in [-0.3, -0.25) is 4.79 Å². The highest BCUT2D eigenvalue weighted by atomic mass is 19.1. The normalized spacial score (nSPS) is 10.4. The summed E-state index contributed by atoms with van der Waals surface area (Å²) < 4.78 is 13.2. The Morgan fingerprint density at radius 1 is 1.08 bits per heavy atom. The van der Waals surface area contributed by atoms with E-state index in [4.69, 9.17) is 0 Å². The summed E-state index contributed by atoms with van der Waals surface area (Å²) in [5.74, 6) is -0.500. The van der Waals surface area contributed by atoms with E-state index in [0.29, 0.717) is 23.4 Å². The van der Waals surface area contributed by atoms with Gasteiger partial charge in [0.25, 0.3) is 5.91 Å². The smallest absolute Gasteiger partial charge is 0.319 e. The summed E-state index contributed by atoms with van der Waals surface area (Å²) in [5.41, 5.74) is 2.45. The number of carbonyl (C=O) groups is 2. The van der Waals surface area contributed by atoms with Crippen molar-refractivity contribution in [2.45, 2.75) is 33.4 Å². The summed E-state index contributed by atoms with van der Waals surface area (Å²) in [6.45, 7) is 5.74. The van der Waals surface area contributed by atoms with Crippen LogP contribution in [0.25, 0.3) is 0 Å². The quantitative estimate of drug-likeness (QED) is 0.776. The maximum absolute atomic E-state index is 13.2. The van der Waals surface area contributed by atoms with E-state index in [-0.39, 0.29) is 23.8 Å². The first-order valence-corrected chi connectivity index (χ1v) is 8.06. The second-order valence-electron chi connectivity index (χ2n) is 6.10. The first-order chi connectivity index (χ1) is 11.8. The third kappa shape index (κ3) is 5.60. The Morgan fingerprint density at radius 3 is 2.36 bits per heavy atom. The number of halogens is 1. The molecule has 0 aliphatic heterocycles. The van der Waals surface area contributed by atoms with Crippen LogP contribution in [0.5, 0.6) is 0 Å². The predicted octanol–water partition coefficient (Wildman–Crippen LogP) is 3.59. The highest BCUT2D eigenvalue weighted by molar-refractivity contribution is 5.95. The second kappa shape index (κ2) is 8.28. The number of hydrogen-bond acceptors (Lipinski definition) is 2. The van der Waals surface area contributed by atoms with Gasteiger partial charge in [-0.05, 0) is 62.2 Å². The third-order valence-corrected chi connectivity index (χ3v) is 3.50. The van der Waals surface area contributed by atoms with Gasteiger partial charge in [-0.15, -0.1) is 0 Å². The Bertz CT molecular complexity index is 758. The molecule has 132 valence electrons. The zero-order chi connectivity index (χ0) is 18.4. The molecule has 0 bridgehead atoms. The summed E-state index contributed by atoms with van der Waals surface area (Å²) in [6.07, 6.45) is 0. The fourth-order valence-corrected chi connectivity index (χ4v) is 2.24. The van der Waals surface area contributed by atoms with Crippen LogP contribution in [-0.2, 0) is 6.54 Å². The topological polar surface area (TPSA) is 70.2 Å². The number of nitrogens with one attached hydrogen (secondary N) is 3. The van der Waals surface area contributed by atoms with E-state index in [9.17, 15) is 14.0 Å². The van der Waals surface area contributed by atoms with Crippen molar-refractivity contribution in [2.75, 3.05) is 5.32 Å². The number of amides is 3. The van der Waals surface area contributed by atoms with Crippen molar-refractivity contribution in [3.05, 3.63) is 65.0 Å². The fourth-order valence-electron chi connectivity index (χ4n) is 2.24. The van der Waals surface area contributed by atoms with E-state index < -0.39 is 0 Å². The summed E-state index contributed by atoms with van der Waals surface area (Å²) in [7, 11) is 0. The molecule has 2 aromatic carbocycles. The van der Waals surface area contributed by atoms with Crippen LogP contribution in [0.2, 0.25) is 0 Å². The van der Waals surface area contributed by atoms with Crippen LogP contribution in [0.4, 0.5) is 14.9 Å². The predicted molar refractivity (Wildman–Crippen MR) is 96.0 cm³/mol. The van der Waals surface area contributed by atoms with Crippen molar-refractivity contribution in [1.29, 1.82) is 0 Å². The van der Waals surface area contributed by atoms with Crippen molar-refractivity contribution < 1.29 is 14.0 Å². The molecule has 0 radical (unpaired) electrons. The minimum Gasteiger partial charge on any atom is -0.348 e. The zero-order valence-electron chi connectivity index (χ0n) is 14.5. The molecular weight excluding hydrogens is 321 g/mol. The SMILES string of the molecule is Cc1cc(CNC(=O)c2ccc(NC(=O)NC(C)C)cc2)ccc1F. The first-order valence-electron chi connectivity index (χ1n) is 8.06. The molecule has 0 spiro atoms. The molecule has 0 atom stereocenters. The number of benzene rings is 2. The maximum atomic E-state index is 13.2. The van der Waals surface area contributed by atoms with E-state index in [1.807, 2.05) is 13.8 Å². The van der Waals surface area contributed by atoms with Crippen LogP contribution < -0.4 is 16.0 Å². The molecule has 5 nitrogen and oxygen atoms in total. The minimum absolute atomic E-state index is 0.0418. The Kier molecular flexibility index (Phi) is 6.11. The maximum Gasteiger partial charge on any atom is 0.319 e. The lowest BCUT2D eigenvalue weighted by Gasteiger charge is -2.11. The highest BCUT2D eigenvalue weighted by Gasteiger charge is 2.08. The molecule has 0 aliphatic rings. The Balaban J connectivity index is 1.91. The lowest BCUT2D eigenvalue weighted by atomic mass is 10.1. The van der Waals surface area contributed by atoms with Crippen LogP contribution in [0.1, 0.15) is 35.3 Å². The lowest BCUT2D eigenvalue weighted by molar-refractivity contribution is 0.0951. The van der Waals surface area contributed by atoms with Crippen molar-refractivity contribution in [3.63, 3.8) is 0 Å². The first kappa shape index (κ1) is 18.4. The van der Waals surface area contributed by atoms with E-state index in [2.05, 4.69) is 16.0 Å². The molecule has 3 N–H and O–H groups in total. The molecule has 2 aromatic rings. The van der Waals surface area contributed by atoms with Gasteiger partial charge in [0.2, 0.25) is 0 Å². The minimum atomic E-state index is -0.293. The second-order valence-corrected chi connectivity index (χ2v) is 6.10. The standard InChI is InChI=1S/C19H22FN3O2/c1-12(2)22-19(25)23-16-7-5-15(6-8-16)18(24)21-11-14-4-9-17(20)13(3)10-14/h4-10,12H,11H2,1-3H3,(H,21,24)(H2,22,23,25). The van der Waals surface area contributed by atoms with Crippen molar-refractivity contribution >= 4 is 17.6 Å². The number of rotatable bonds is 5. The summed E-state index contributed by atoms with van der Waals surface area (Å²) in [4.78, 5) is 23.8. The van der Waals surface area contributed by atoms with Crippen LogP contribution >= 0.6 is 0 Å². The average molecular weight is 343 g/mol. The van der Waals surface area contributed by atoms with E-state index in [1.165, 1.54) is 6.07 Å². The molecule has 0 saturated carbocycles. The molecule has 3 amide bonds. The van der Waals surface area contributed by atoms with Gasteiger partial charge in [0.15, 0.2) is 0 Å². The van der Waals surface area contributed by atoms with Gasteiger partial charge >= 0.3 is 6.03 Å². The Hall–Kier alpha value is -2.89. The van der Waals surface area contributed by atoms with Crippen LogP contribution in [0.3, 0.4) is 0 Å². The summed E-state index contributed by atoms with van der Waals surface area (Å²) in [6, 6.07) is 11.1. The number of carbonyl (C=O) groups excluding carboxylic acids is 2. The van der Waals surface area contributed by atoms with Crippen LogP contribution in [0, 0.1) is 12.7 Å². The van der Waals surface area contributed by atoms with E-state index in [1.54, 1.807) is 43.3 Å². The van der Waals surface area contributed by atoms with Crippen molar-refractivity contribution in [3.8, 4) is 0 Å². The molecule has 0 aromatic heterocycles. The van der Waals surface area contributed by atoms with Crippen molar-refractivity contribution in [2.24, 2.45) is 0 Å². The van der Waals surface area contributed by atoms with Gasteiger partial charge in [-0.1, -0.05) is 12.1 Å². The zero-order valence-corrected chi connectivity index (χ0v) is 14.5. The largest absolute Gasteiger partial charge is 0.348 e. The van der Waals surface area contributed by atoms with Crippen molar-refractivity contribution in [1.82, 2.24) is 10.6 Å². The molecule has 0 aliphatic carbocycles. The van der Waals surface area contributed by atoms with Gasteiger partial charge in [0.1, 0.15) is 5.82 Å². The van der Waals surface area contributed by atoms with Gasteiger partial charge in [-0.2, -0.15) is 0 Å². The Morgan fingerprint density at radius 2 is 1.76 bits per heavy atom. The number of urea groups is 1. The van der Waals surface area contributed by atoms with Gasteiger partial charge in [0, 0.05) is 23.8 Å². The molecule has 0 unspecified atom stereocenters. The molecule has 6 heteroatoms. The molecule has 0 heterocycles. The molecular formula is C19H22FN3O2. The van der Waals surface area contributed by atoms with Crippen LogP contribution in [0.15, 0.2) is 42.5 Å². The molecule has 25 heavy (non-hydrogen) atoms. The Labute approximate surface area is 146 Å². The van der Waals surface area contributed by atoms with E-state index >= 15 is 0 Å². The summed E-state index contributed by atoms with van der Waals surface area (Å²) in [5, 5.41) is 8.20. The highest BCUT2D eigenvalue weighted by Crippen LogP contribution is 2.11. The molecule has 2 rings (SSSR count). The van der Waals surface area contributed by atoms with Gasteiger partial charge in [0.05, 0.1) is 0 Å². The number of hydrogen-bond donors (Lipinski definition) is 3. The van der Waals surface area contributed by atoms with Gasteiger partial charge < -0.3 is 16.0 Å². The third-order valence-electron chi connectivity index (χ3n) is 3.50. The number of aryl methyl sites for hydroxylation is 1. The van der Waals surface area contributed by atoms with E-state index in [0.717, 1.165) is 5.56 Å². The average Bonchev–Trinajstić information content (AvgIpc) is 2.55. The monoisotopic (exact) mass is 343 g/mol.